The van der Waals surface area contributed by atoms with Crippen molar-refractivity contribution in [1.82, 2.24) is 9.78 Å². The van der Waals surface area contributed by atoms with Gasteiger partial charge in [0, 0.05) is 22.8 Å². The van der Waals surface area contributed by atoms with Crippen LogP contribution in [0, 0.1) is 10.1 Å². The molecule has 144 valence electrons. The Morgan fingerprint density at radius 1 is 1.18 bits per heavy atom. The molecule has 0 fully saturated rings. The monoisotopic (exact) mass is 410 g/mol. The molecule has 0 aliphatic rings. The molecule has 0 aliphatic carbocycles. The number of aromatic nitrogens is 2. The zero-order valence-corrected chi connectivity index (χ0v) is 14.5. The maximum atomic E-state index is 13.6. The molecule has 1 aromatic heterocycles. The average Bonchev–Trinajstić information content (AvgIpc) is 3.08. The Kier molecular flexibility index (Phi) is 5.06. The van der Waals surface area contributed by atoms with Gasteiger partial charge in [-0.15, -0.1) is 0 Å². The van der Waals surface area contributed by atoms with E-state index < -0.39 is 28.3 Å². The Morgan fingerprint density at radius 3 is 2.43 bits per heavy atom. The molecule has 11 heteroatoms. The Balaban J connectivity index is 1.97. The number of alkyl halides is 3. The van der Waals surface area contributed by atoms with E-state index in [0.29, 0.717) is 4.68 Å². The van der Waals surface area contributed by atoms with Gasteiger partial charge in [0.05, 0.1) is 22.4 Å². The fourth-order valence-corrected chi connectivity index (χ4v) is 2.64. The molecule has 7 nitrogen and oxygen atoms in total. The summed E-state index contributed by atoms with van der Waals surface area (Å²) in [5.74, 6) is -1.06. The molecule has 0 spiro atoms. The molecule has 1 amide bonds. The van der Waals surface area contributed by atoms with Crippen LogP contribution in [0.4, 0.5) is 24.5 Å². The highest BCUT2D eigenvalue weighted by Crippen LogP contribution is 2.34. The van der Waals surface area contributed by atoms with E-state index in [2.05, 4.69) is 10.4 Å². The van der Waals surface area contributed by atoms with Crippen molar-refractivity contribution in [2.24, 2.45) is 0 Å². The molecule has 3 aromatic rings. The summed E-state index contributed by atoms with van der Waals surface area (Å²) in [4.78, 5) is 22.4. The third-order valence-corrected chi connectivity index (χ3v) is 3.91. The van der Waals surface area contributed by atoms with Crippen LogP contribution in [-0.4, -0.2) is 20.6 Å². The number of halogens is 4. The van der Waals surface area contributed by atoms with Crippen LogP contribution in [0.1, 0.15) is 16.1 Å². The maximum absolute atomic E-state index is 13.6. The summed E-state index contributed by atoms with van der Waals surface area (Å²) in [6, 6.07) is 10.3. The predicted octanol–water partition coefficient (Wildman–Crippen LogP) is 4.71. The van der Waals surface area contributed by atoms with Crippen LogP contribution < -0.4 is 5.32 Å². The molecule has 0 saturated carbocycles. The summed E-state index contributed by atoms with van der Waals surface area (Å²) in [6.45, 7) is 0. The lowest BCUT2D eigenvalue weighted by molar-refractivity contribution is -0.384. The second kappa shape index (κ2) is 7.31. The molecule has 2 aromatic carbocycles. The van der Waals surface area contributed by atoms with Gasteiger partial charge in [-0.2, -0.15) is 18.3 Å². The smallest absolute Gasteiger partial charge is 0.322 e. The standard InChI is InChI=1S/C17H10ClF3N4O3/c18-10-2-1-3-13(8-10)24-15(17(19,20)21)14(9-22-24)16(26)23-11-4-6-12(7-5-11)25(27)28/h1-9H,(H,23,26). The first kappa shape index (κ1) is 19.4. The van der Waals surface area contributed by atoms with Crippen LogP contribution in [0.3, 0.4) is 0 Å². The zero-order valence-electron chi connectivity index (χ0n) is 13.8. The zero-order chi connectivity index (χ0) is 20.5. The number of anilines is 1. The normalized spacial score (nSPS) is 11.3. The van der Waals surface area contributed by atoms with E-state index in [4.69, 9.17) is 11.6 Å². The highest BCUT2D eigenvalue weighted by molar-refractivity contribution is 6.30. The van der Waals surface area contributed by atoms with Crippen LogP contribution in [0.25, 0.3) is 5.69 Å². The summed E-state index contributed by atoms with van der Waals surface area (Å²) in [5, 5.41) is 16.8. The first-order valence-corrected chi connectivity index (χ1v) is 8.01. The van der Waals surface area contributed by atoms with Gasteiger partial charge in [-0.25, -0.2) is 4.68 Å². The average molecular weight is 411 g/mol. The molecule has 0 aliphatic heterocycles. The largest absolute Gasteiger partial charge is 0.434 e. The van der Waals surface area contributed by atoms with Gasteiger partial charge in [-0.3, -0.25) is 14.9 Å². The van der Waals surface area contributed by atoms with E-state index in [1.54, 1.807) is 0 Å². The second-order valence-electron chi connectivity index (χ2n) is 5.55. The SMILES string of the molecule is O=C(Nc1ccc([N+](=O)[O-])cc1)c1cnn(-c2cccc(Cl)c2)c1C(F)(F)F. The number of nitrogens with one attached hydrogen (secondary N) is 1. The van der Waals surface area contributed by atoms with E-state index >= 15 is 0 Å². The summed E-state index contributed by atoms with van der Waals surface area (Å²) in [5.41, 5.74) is -2.06. The Bertz CT molecular complexity index is 1050. The molecule has 0 unspecified atom stereocenters. The number of amides is 1. The lowest BCUT2D eigenvalue weighted by Crippen LogP contribution is -2.20. The van der Waals surface area contributed by atoms with Gasteiger partial charge in [-0.1, -0.05) is 17.7 Å². The van der Waals surface area contributed by atoms with Crippen LogP contribution in [0.5, 0.6) is 0 Å². The minimum atomic E-state index is -4.87. The predicted molar refractivity (Wildman–Crippen MR) is 94.6 cm³/mol. The Labute approximate surface area is 160 Å². The number of carbonyl (C=O) groups is 1. The van der Waals surface area contributed by atoms with Gasteiger partial charge >= 0.3 is 6.18 Å². The van der Waals surface area contributed by atoms with Gasteiger partial charge in [0.2, 0.25) is 0 Å². The van der Waals surface area contributed by atoms with E-state index in [9.17, 15) is 28.1 Å². The van der Waals surface area contributed by atoms with Gasteiger partial charge in [0.1, 0.15) is 0 Å². The number of non-ortho nitro benzene ring substituents is 1. The van der Waals surface area contributed by atoms with Crippen molar-refractivity contribution < 1.29 is 22.9 Å². The third-order valence-electron chi connectivity index (χ3n) is 3.67. The highest BCUT2D eigenvalue weighted by Gasteiger charge is 2.40. The number of benzene rings is 2. The Hall–Kier alpha value is -3.40. The molecule has 0 atom stereocenters. The molecule has 3 rings (SSSR count). The van der Waals surface area contributed by atoms with Crippen molar-refractivity contribution >= 4 is 28.9 Å². The number of nitrogens with zero attached hydrogens (tertiary/aromatic N) is 3. The fraction of sp³-hybridized carbons (Fsp3) is 0.0588. The van der Waals surface area contributed by atoms with Gasteiger partial charge in [0.15, 0.2) is 5.69 Å². The quantitative estimate of drug-likeness (QED) is 0.498. The van der Waals surface area contributed by atoms with Gasteiger partial charge < -0.3 is 5.32 Å². The first-order valence-electron chi connectivity index (χ1n) is 7.64. The van der Waals surface area contributed by atoms with Crippen molar-refractivity contribution in [3.05, 3.63) is 81.1 Å². The highest BCUT2D eigenvalue weighted by atomic mass is 35.5. The summed E-state index contributed by atoms with van der Waals surface area (Å²) >= 11 is 5.82. The van der Waals surface area contributed by atoms with E-state index in [1.165, 1.54) is 36.4 Å². The van der Waals surface area contributed by atoms with Crippen molar-refractivity contribution in [3.8, 4) is 5.69 Å². The minimum absolute atomic E-state index is 0.0363. The molecular formula is C17H10ClF3N4O3. The van der Waals surface area contributed by atoms with Crippen molar-refractivity contribution in [3.63, 3.8) is 0 Å². The lowest BCUT2D eigenvalue weighted by atomic mass is 10.2. The molecule has 1 heterocycles. The van der Waals surface area contributed by atoms with E-state index in [-0.39, 0.29) is 22.1 Å². The Morgan fingerprint density at radius 2 is 1.86 bits per heavy atom. The molecular weight excluding hydrogens is 401 g/mol. The molecule has 0 radical (unpaired) electrons. The number of hydrogen-bond acceptors (Lipinski definition) is 4. The summed E-state index contributed by atoms with van der Waals surface area (Å²) < 4.78 is 41.4. The fourth-order valence-electron chi connectivity index (χ4n) is 2.46. The second-order valence-corrected chi connectivity index (χ2v) is 5.99. The van der Waals surface area contributed by atoms with Crippen LogP contribution in [0.2, 0.25) is 5.02 Å². The molecule has 1 N–H and O–H groups in total. The third kappa shape index (κ3) is 3.96. The number of rotatable bonds is 4. The summed E-state index contributed by atoms with van der Waals surface area (Å²) in [7, 11) is 0. The number of carbonyl (C=O) groups excluding carboxylic acids is 1. The van der Waals surface area contributed by atoms with Crippen molar-refractivity contribution in [2.75, 3.05) is 5.32 Å². The van der Waals surface area contributed by atoms with Crippen LogP contribution in [0.15, 0.2) is 54.7 Å². The van der Waals surface area contributed by atoms with Crippen molar-refractivity contribution in [2.45, 2.75) is 6.18 Å². The minimum Gasteiger partial charge on any atom is -0.322 e. The van der Waals surface area contributed by atoms with E-state index in [0.717, 1.165) is 18.3 Å². The van der Waals surface area contributed by atoms with Crippen molar-refractivity contribution in [1.29, 1.82) is 0 Å². The molecule has 28 heavy (non-hydrogen) atoms. The molecule has 0 bridgehead atoms. The van der Waals surface area contributed by atoms with Gasteiger partial charge in [-0.05, 0) is 30.3 Å². The lowest BCUT2D eigenvalue weighted by Gasteiger charge is -2.13. The number of hydrogen-bond donors (Lipinski definition) is 1. The van der Waals surface area contributed by atoms with Crippen LogP contribution >= 0.6 is 11.6 Å². The van der Waals surface area contributed by atoms with E-state index in [1.807, 2.05) is 0 Å². The summed E-state index contributed by atoms with van der Waals surface area (Å²) in [6.07, 6.45) is -4.08. The first-order chi connectivity index (χ1) is 13.2. The van der Waals surface area contributed by atoms with Gasteiger partial charge in [0.25, 0.3) is 11.6 Å². The maximum Gasteiger partial charge on any atom is 0.434 e. The van der Waals surface area contributed by atoms with Crippen LogP contribution in [-0.2, 0) is 6.18 Å². The number of nitro benzene ring substituents is 1. The topological polar surface area (TPSA) is 90.1 Å². The number of nitro groups is 1. The molecule has 0 saturated heterocycles.